The van der Waals surface area contributed by atoms with Gasteiger partial charge in [-0.1, -0.05) is 17.7 Å². The van der Waals surface area contributed by atoms with Crippen LogP contribution in [0.15, 0.2) is 30.6 Å². The average molecular weight is 337 g/mol. The van der Waals surface area contributed by atoms with Gasteiger partial charge in [-0.15, -0.1) is 10.2 Å². The van der Waals surface area contributed by atoms with Crippen molar-refractivity contribution in [3.05, 3.63) is 41.4 Å². The molecule has 1 aromatic heterocycles. The highest BCUT2D eigenvalue weighted by molar-refractivity contribution is 6.30. The van der Waals surface area contributed by atoms with Gasteiger partial charge < -0.3 is 14.0 Å². The zero-order valence-electron chi connectivity index (χ0n) is 13.2. The Morgan fingerprint density at radius 3 is 3.13 bits per heavy atom. The van der Waals surface area contributed by atoms with Crippen LogP contribution in [0.25, 0.3) is 0 Å². The molecule has 23 heavy (non-hydrogen) atoms. The van der Waals surface area contributed by atoms with E-state index in [4.69, 9.17) is 21.1 Å². The fourth-order valence-corrected chi connectivity index (χ4v) is 2.86. The highest BCUT2D eigenvalue weighted by Crippen LogP contribution is 2.20. The summed E-state index contributed by atoms with van der Waals surface area (Å²) in [5.41, 5.74) is 0. The topological polar surface area (TPSA) is 52.4 Å². The van der Waals surface area contributed by atoms with Gasteiger partial charge in [0.1, 0.15) is 18.2 Å². The van der Waals surface area contributed by atoms with Crippen LogP contribution >= 0.6 is 11.6 Å². The van der Waals surface area contributed by atoms with E-state index in [1.165, 1.54) is 0 Å². The SMILES string of the molecule is Cn1cnnc1[C@H]1CN(CCCOc2cccc(Cl)c2)CCO1. The number of rotatable bonds is 6. The van der Waals surface area contributed by atoms with Gasteiger partial charge in [-0.05, 0) is 24.6 Å². The fourth-order valence-electron chi connectivity index (χ4n) is 2.68. The van der Waals surface area contributed by atoms with Gasteiger partial charge in [0.25, 0.3) is 0 Å². The second kappa shape index (κ2) is 7.77. The molecule has 1 saturated heterocycles. The van der Waals surface area contributed by atoms with Crippen LogP contribution in [0.4, 0.5) is 0 Å². The third kappa shape index (κ3) is 4.43. The molecular weight excluding hydrogens is 316 g/mol. The van der Waals surface area contributed by atoms with Gasteiger partial charge in [-0.2, -0.15) is 0 Å². The second-order valence-corrected chi connectivity index (χ2v) is 6.06. The van der Waals surface area contributed by atoms with Crippen LogP contribution in [0, 0.1) is 0 Å². The van der Waals surface area contributed by atoms with Gasteiger partial charge in [0, 0.05) is 31.7 Å². The van der Waals surface area contributed by atoms with Crippen molar-refractivity contribution in [2.24, 2.45) is 7.05 Å². The molecule has 0 N–H and O–H groups in total. The average Bonchev–Trinajstić information content (AvgIpc) is 2.98. The predicted molar refractivity (Wildman–Crippen MR) is 87.7 cm³/mol. The minimum absolute atomic E-state index is 0.00917. The molecule has 2 heterocycles. The van der Waals surface area contributed by atoms with Crippen molar-refractivity contribution in [3.63, 3.8) is 0 Å². The Morgan fingerprint density at radius 2 is 2.35 bits per heavy atom. The summed E-state index contributed by atoms with van der Waals surface area (Å²) in [6.45, 7) is 4.13. The summed E-state index contributed by atoms with van der Waals surface area (Å²) in [6.07, 6.45) is 2.65. The van der Waals surface area contributed by atoms with E-state index >= 15 is 0 Å². The maximum Gasteiger partial charge on any atom is 0.163 e. The summed E-state index contributed by atoms with van der Waals surface area (Å²) in [6, 6.07) is 7.49. The number of aromatic nitrogens is 3. The van der Waals surface area contributed by atoms with E-state index in [9.17, 15) is 0 Å². The largest absolute Gasteiger partial charge is 0.493 e. The molecule has 2 aromatic rings. The Morgan fingerprint density at radius 1 is 1.43 bits per heavy atom. The summed E-state index contributed by atoms with van der Waals surface area (Å²) in [7, 11) is 1.94. The van der Waals surface area contributed by atoms with Crippen molar-refractivity contribution in [1.29, 1.82) is 0 Å². The predicted octanol–water partition coefficient (Wildman–Crippen LogP) is 2.31. The first-order chi connectivity index (χ1) is 11.2. The number of hydrogen-bond acceptors (Lipinski definition) is 5. The van der Waals surface area contributed by atoms with Crippen LogP contribution in [0.2, 0.25) is 5.02 Å². The van der Waals surface area contributed by atoms with E-state index in [1.54, 1.807) is 6.33 Å². The fraction of sp³-hybridized carbons (Fsp3) is 0.500. The monoisotopic (exact) mass is 336 g/mol. The van der Waals surface area contributed by atoms with Crippen LogP contribution in [0.3, 0.4) is 0 Å². The summed E-state index contributed by atoms with van der Waals surface area (Å²) < 4.78 is 13.5. The van der Waals surface area contributed by atoms with Crippen molar-refractivity contribution in [1.82, 2.24) is 19.7 Å². The molecule has 0 bridgehead atoms. The third-order valence-electron chi connectivity index (χ3n) is 3.87. The molecular formula is C16H21ClN4O2. The lowest BCUT2D eigenvalue weighted by atomic mass is 10.2. The minimum atomic E-state index is -0.00917. The molecule has 3 rings (SSSR count). The van der Waals surface area contributed by atoms with Gasteiger partial charge in [-0.25, -0.2) is 0 Å². The maximum atomic E-state index is 5.94. The normalized spacial score (nSPS) is 19.0. The highest BCUT2D eigenvalue weighted by atomic mass is 35.5. The standard InChI is InChI=1S/C16H21ClN4O2/c1-20-12-18-19-16(20)15-11-21(7-9-23-15)6-3-8-22-14-5-2-4-13(17)10-14/h2,4-5,10,12,15H,3,6-9,11H2,1H3/t15-/m1/s1. The lowest BCUT2D eigenvalue weighted by Crippen LogP contribution is -2.40. The summed E-state index contributed by atoms with van der Waals surface area (Å²) >= 11 is 5.94. The van der Waals surface area contributed by atoms with Gasteiger partial charge >= 0.3 is 0 Å². The first-order valence-electron chi connectivity index (χ1n) is 7.78. The Labute approximate surface area is 141 Å². The number of hydrogen-bond donors (Lipinski definition) is 0. The molecule has 124 valence electrons. The van der Waals surface area contributed by atoms with E-state index < -0.39 is 0 Å². The van der Waals surface area contributed by atoms with Crippen LogP contribution < -0.4 is 4.74 Å². The van der Waals surface area contributed by atoms with E-state index in [0.29, 0.717) is 18.2 Å². The molecule has 0 aliphatic carbocycles. The molecule has 6 nitrogen and oxygen atoms in total. The highest BCUT2D eigenvalue weighted by Gasteiger charge is 2.24. The molecule has 0 spiro atoms. The molecule has 1 aliphatic rings. The lowest BCUT2D eigenvalue weighted by Gasteiger charge is -2.32. The number of ether oxygens (including phenoxy) is 2. The molecule has 0 saturated carbocycles. The summed E-state index contributed by atoms with van der Waals surface area (Å²) in [5.74, 6) is 1.70. The van der Waals surface area contributed by atoms with E-state index in [1.807, 2.05) is 35.9 Å². The minimum Gasteiger partial charge on any atom is -0.493 e. The van der Waals surface area contributed by atoms with Gasteiger partial charge in [-0.3, -0.25) is 4.90 Å². The smallest absolute Gasteiger partial charge is 0.163 e. The van der Waals surface area contributed by atoms with Crippen LogP contribution in [0.1, 0.15) is 18.3 Å². The van der Waals surface area contributed by atoms with Crippen molar-refractivity contribution >= 4 is 11.6 Å². The number of aryl methyl sites for hydroxylation is 1. The molecule has 7 heteroatoms. The van der Waals surface area contributed by atoms with Crippen molar-refractivity contribution in [3.8, 4) is 5.75 Å². The van der Waals surface area contributed by atoms with E-state index in [0.717, 1.165) is 37.6 Å². The molecule has 1 atom stereocenters. The molecule has 1 aromatic carbocycles. The summed E-state index contributed by atoms with van der Waals surface area (Å²) in [4.78, 5) is 2.38. The lowest BCUT2D eigenvalue weighted by molar-refractivity contribution is -0.0366. The summed E-state index contributed by atoms with van der Waals surface area (Å²) in [5, 5.41) is 8.76. The Hall–Kier alpha value is -1.63. The van der Waals surface area contributed by atoms with Gasteiger partial charge in [0.05, 0.1) is 13.2 Å². The first-order valence-corrected chi connectivity index (χ1v) is 8.16. The zero-order chi connectivity index (χ0) is 16.1. The number of halogens is 1. The van der Waals surface area contributed by atoms with Crippen molar-refractivity contribution in [2.45, 2.75) is 12.5 Å². The first kappa shape index (κ1) is 16.2. The number of nitrogens with zero attached hydrogens (tertiary/aromatic N) is 4. The number of morpholine rings is 1. The third-order valence-corrected chi connectivity index (χ3v) is 4.10. The number of benzene rings is 1. The maximum absolute atomic E-state index is 5.94. The molecule has 1 aliphatic heterocycles. The molecule has 1 fully saturated rings. The molecule has 0 amide bonds. The van der Waals surface area contributed by atoms with Gasteiger partial charge in [0.2, 0.25) is 0 Å². The van der Waals surface area contributed by atoms with Crippen molar-refractivity contribution in [2.75, 3.05) is 32.8 Å². The second-order valence-electron chi connectivity index (χ2n) is 5.62. The van der Waals surface area contributed by atoms with Crippen LogP contribution in [-0.4, -0.2) is 52.5 Å². The zero-order valence-corrected chi connectivity index (χ0v) is 13.9. The quantitative estimate of drug-likeness (QED) is 0.758. The van der Waals surface area contributed by atoms with Gasteiger partial charge in [0.15, 0.2) is 5.82 Å². The Bertz CT molecular complexity index is 634. The Kier molecular flexibility index (Phi) is 5.48. The van der Waals surface area contributed by atoms with E-state index in [-0.39, 0.29) is 6.10 Å². The van der Waals surface area contributed by atoms with Crippen LogP contribution in [0.5, 0.6) is 5.75 Å². The van der Waals surface area contributed by atoms with E-state index in [2.05, 4.69) is 15.1 Å². The Balaban J connectivity index is 1.42. The molecule has 0 radical (unpaired) electrons. The molecule has 0 unspecified atom stereocenters. The van der Waals surface area contributed by atoms with Crippen molar-refractivity contribution < 1.29 is 9.47 Å². The van der Waals surface area contributed by atoms with Crippen LogP contribution in [-0.2, 0) is 11.8 Å².